The highest BCUT2D eigenvalue weighted by Crippen LogP contribution is 2.18. The van der Waals surface area contributed by atoms with E-state index in [0.717, 1.165) is 31.3 Å². The molecule has 0 heterocycles. The second-order valence-corrected chi connectivity index (χ2v) is 3.61. The number of carboxylic acid groups (broad SMARTS) is 1. The van der Waals surface area contributed by atoms with Crippen molar-refractivity contribution in [3.8, 4) is 0 Å². The first kappa shape index (κ1) is 14.0. The highest BCUT2D eigenvalue weighted by Gasteiger charge is 2.12. The first-order valence-corrected chi connectivity index (χ1v) is 5.66. The second-order valence-electron chi connectivity index (χ2n) is 3.61. The van der Waals surface area contributed by atoms with E-state index in [1.165, 1.54) is 20.0 Å². The number of carboxylic acids is 1. The average Bonchev–Trinajstić information content (AvgIpc) is 2.22. The van der Waals surface area contributed by atoms with Crippen LogP contribution in [-0.2, 0) is 9.53 Å². The third-order valence-corrected chi connectivity index (χ3v) is 2.48. The van der Waals surface area contributed by atoms with Crippen LogP contribution in [0, 0.1) is 0 Å². The number of rotatable bonds is 8. The molecular formula is C12H22O3. The summed E-state index contributed by atoms with van der Waals surface area (Å²) in [5, 5.41) is 8.89. The summed E-state index contributed by atoms with van der Waals surface area (Å²) in [6.07, 6.45) is 6.22. The minimum absolute atomic E-state index is 0.133. The molecule has 0 unspecified atom stereocenters. The molecule has 0 amide bonds. The number of unbranched alkanes of at least 4 members (excludes halogenated alkanes) is 3. The quantitative estimate of drug-likeness (QED) is 0.383. The third kappa shape index (κ3) is 5.45. The zero-order valence-electron chi connectivity index (χ0n) is 10.0. The molecule has 3 heteroatoms. The number of aliphatic carboxylic acids is 1. The van der Waals surface area contributed by atoms with Crippen molar-refractivity contribution in [1.82, 2.24) is 0 Å². The van der Waals surface area contributed by atoms with E-state index in [0.29, 0.717) is 0 Å². The van der Waals surface area contributed by atoms with E-state index < -0.39 is 5.97 Å². The molecule has 0 aromatic carbocycles. The standard InChI is InChI=1S/C12H22O3/c1-4-6-7-8-9-10(5-2)11(15-3)12(13)14/h4-9H2,1-3H3,(H,13,14). The van der Waals surface area contributed by atoms with Crippen molar-refractivity contribution in [2.75, 3.05) is 7.11 Å². The molecule has 0 aromatic rings. The highest BCUT2D eigenvalue weighted by molar-refractivity contribution is 5.85. The maximum Gasteiger partial charge on any atom is 0.371 e. The molecule has 15 heavy (non-hydrogen) atoms. The van der Waals surface area contributed by atoms with Gasteiger partial charge in [0, 0.05) is 0 Å². The number of hydrogen-bond donors (Lipinski definition) is 1. The molecule has 0 aliphatic rings. The van der Waals surface area contributed by atoms with Crippen LogP contribution in [0.2, 0.25) is 0 Å². The number of methoxy groups -OCH3 is 1. The van der Waals surface area contributed by atoms with Gasteiger partial charge in [-0.1, -0.05) is 33.1 Å². The summed E-state index contributed by atoms with van der Waals surface area (Å²) in [4.78, 5) is 10.8. The van der Waals surface area contributed by atoms with Crippen LogP contribution in [0.25, 0.3) is 0 Å². The Kier molecular flexibility index (Phi) is 7.78. The van der Waals surface area contributed by atoms with Gasteiger partial charge in [-0.15, -0.1) is 0 Å². The van der Waals surface area contributed by atoms with Gasteiger partial charge in [-0.2, -0.15) is 0 Å². The molecule has 88 valence electrons. The minimum atomic E-state index is -0.954. The maximum atomic E-state index is 10.8. The molecule has 0 bridgehead atoms. The number of allylic oxidation sites excluding steroid dienone is 1. The smallest absolute Gasteiger partial charge is 0.371 e. The van der Waals surface area contributed by atoms with Crippen molar-refractivity contribution in [2.24, 2.45) is 0 Å². The fourth-order valence-corrected chi connectivity index (χ4v) is 1.60. The first-order valence-electron chi connectivity index (χ1n) is 5.66. The Morgan fingerprint density at radius 2 is 1.87 bits per heavy atom. The summed E-state index contributed by atoms with van der Waals surface area (Å²) in [5.41, 5.74) is 0.918. The Hall–Kier alpha value is -0.990. The SMILES string of the molecule is CCCCCCC(CC)=C(OC)C(=O)O. The molecule has 0 aromatic heterocycles. The number of hydrogen-bond acceptors (Lipinski definition) is 2. The largest absolute Gasteiger partial charge is 0.490 e. The van der Waals surface area contributed by atoms with E-state index in [-0.39, 0.29) is 5.76 Å². The van der Waals surface area contributed by atoms with E-state index in [1.54, 1.807) is 0 Å². The molecule has 0 aliphatic carbocycles. The topological polar surface area (TPSA) is 46.5 Å². The molecule has 0 spiro atoms. The molecular weight excluding hydrogens is 192 g/mol. The van der Waals surface area contributed by atoms with Gasteiger partial charge in [-0.05, 0) is 24.8 Å². The van der Waals surface area contributed by atoms with Gasteiger partial charge in [0.1, 0.15) is 0 Å². The summed E-state index contributed by atoms with van der Waals surface area (Å²) in [5.74, 6) is -0.821. The lowest BCUT2D eigenvalue weighted by molar-refractivity contribution is -0.136. The molecule has 0 fully saturated rings. The monoisotopic (exact) mass is 214 g/mol. The van der Waals surface area contributed by atoms with Crippen LogP contribution in [0.5, 0.6) is 0 Å². The summed E-state index contributed by atoms with van der Waals surface area (Å²) in [7, 11) is 1.42. The lowest BCUT2D eigenvalue weighted by atomic mass is 10.0. The zero-order valence-corrected chi connectivity index (χ0v) is 10.0. The predicted molar refractivity (Wildman–Crippen MR) is 60.7 cm³/mol. The van der Waals surface area contributed by atoms with E-state index >= 15 is 0 Å². The average molecular weight is 214 g/mol. The van der Waals surface area contributed by atoms with E-state index in [4.69, 9.17) is 9.84 Å². The Morgan fingerprint density at radius 1 is 1.20 bits per heavy atom. The highest BCUT2D eigenvalue weighted by atomic mass is 16.5. The Balaban J connectivity index is 4.25. The van der Waals surface area contributed by atoms with Gasteiger partial charge in [-0.3, -0.25) is 0 Å². The van der Waals surface area contributed by atoms with Crippen molar-refractivity contribution in [1.29, 1.82) is 0 Å². The van der Waals surface area contributed by atoms with Crippen LogP contribution in [0.3, 0.4) is 0 Å². The lowest BCUT2D eigenvalue weighted by Crippen LogP contribution is -2.06. The zero-order chi connectivity index (χ0) is 11.7. The summed E-state index contributed by atoms with van der Waals surface area (Å²) >= 11 is 0. The van der Waals surface area contributed by atoms with Crippen molar-refractivity contribution in [2.45, 2.75) is 52.4 Å². The molecule has 1 N–H and O–H groups in total. The number of carbonyl (C=O) groups is 1. The van der Waals surface area contributed by atoms with E-state index in [1.807, 2.05) is 6.92 Å². The molecule has 0 rings (SSSR count). The minimum Gasteiger partial charge on any atom is -0.490 e. The predicted octanol–water partition coefficient (Wildman–Crippen LogP) is 3.35. The first-order chi connectivity index (χ1) is 7.17. The van der Waals surface area contributed by atoms with Gasteiger partial charge in [0.05, 0.1) is 7.11 Å². The Labute approximate surface area is 92.1 Å². The Morgan fingerprint density at radius 3 is 2.27 bits per heavy atom. The summed E-state index contributed by atoms with van der Waals surface area (Å²) in [6.45, 7) is 4.13. The van der Waals surface area contributed by atoms with Gasteiger partial charge in [0.25, 0.3) is 0 Å². The number of ether oxygens (including phenoxy) is 1. The van der Waals surface area contributed by atoms with Gasteiger partial charge in [0.15, 0.2) is 0 Å². The Bertz CT molecular complexity index is 219. The molecule has 3 nitrogen and oxygen atoms in total. The third-order valence-electron chi connectivity index (χ3n) is 2.48. The molecule has 0 atom stereocenters. The van der Waals surface area contributed by atoms with Crippen LogP contribution in [0.1, 0.15) is 52.4 Å². The van der Waals surface area contributed by atoms with Crippen LogP contribution in [-0.4, -0.2) is 18.2 Å². The molecule has 0 saturated carbocycles. The van der Waals surface area contributed by atoms with Gasteiger partial charge in [-0.25, -0.2) is 4.79 Å². The fraction of sp³-hybridized carbons (Fsp3) is 0.750. The van der Waals surface area contributed by atoms with Crippen LogP contribution >= 0.6 is 0 Å². The van der Waals surface area contributed by atoms with Crippen LogP contribution in [0.4, 0.5) is 0 Å². The van der Waals surface area contributed by atoms with E-state index in [9.17, 15) is 4.79 Å². The molecule has 0 radical (unpaired) electrons. The van der Waals surface area contributed by atoms with Crippen molar-refractivity contribution >= 4 is 5.97 Å². The van der Waals surface area contributed by atoms with Crippen molar-refractivity contribution < 1.29 is 14.6 Å². The van der Waals surface area contributed by atoms with Gasteiger partial charge in [0.2, 0.25) is 5.76 Å². The van der Waals surface area contributed by atoms with E-state index in [2.05, 4.69) is 6.92 Å². The fourth-order valence-electron chi connectivity index (χ4n) is 1.60. The lowest BCUT2D eigenvalue weighted by Gasteiger charge is -2.09. The molecule has 0 saturated heterocycles. The maximum absolute atomic E-state index is 10.8. The second kappa shape index (κ2) is 8.33. The van der Waals surface area contributed by atoms with Gasteiger partial charge < -0.3 is 9.84 Å². The van der Waals surface area contributed by atoms with Gasteiger partial charge >= 0.3 is 5.97 Å². The normalized spacial score (nSPS) is 12.2. The van der Waals surface area contributed by atoms with Crippen molar-refractivity contribution in [3.05, 3.63) is 11.3 Å². The van der Waals surface area contributed by atoms with Crippen LogP contribution < -0.4 is 0 Å². The van der Waals surface area contributed by atoms with Crippen molar-refractivity contribution in [3.63, 3.8) is 0 Å². The van der Waals surface area contributed by atoms with Crippen LogP contribution in [0.15, 0.2) is 11.3 Å². The summed E-state index contributed by atoms with van der Waals surface area (Å²) < 4.78 is 4.90. The summed E-state index contributed by atoms with van der Waals surface area (Å²) in [6, 6.07) is 0. The molecule has 0 aliphatic heterocycles.